The number of aromatic nitrogens is 5. The van der Waals surface area contributed by atoms with Crippen LogP contribution in [0.5, 0.6) is 0 Å². The van der Waals surface area contributed by atoms with Crippen LogP contribution in [0.25, 0.3) is 15.9 Å². The van der Waals surface area contributed by atoms with Gasteiger partial charge in [0.25, 0.3) is 5.56 Å². The average Bonchev–Trinajstić information content (AvgIpc) is 3.40. The first kappa shape index (κ1) is 21.6. The molecular weight excluding hydrogens is 426 g/mol. The number of hydrogen-bond donors (Lipinski definition) is 1. The SMILES string of the molecule is CC(C)c1nn(CC=O)c(=O)c2sc(C3CC3)nc12.CNc1ccc2nc(C#N)cn2c1. The van der Waals surface area contributed by atoms with E-state index in [0.29, 0.717) is 22.6 Å². The lowest BCUT2D eigenvalue weighted by molar-refractivity contribution is -0.108. The Morgan fingerprint density at radius 2 is 2.09 bits per heavy atom. The number of thiazole rings is 1. The molecule has 164 valence electrons. The molecule has 0 atom stereocenters. The monoisotopic (exact) mass is 449 g/mol. The van der Waals surface area contributed by atoms with Crippen LogP contribution in [0.4, 0.5) is 5.69 Å². The summed E-state index contributed by atoms with van der Waals surface area (Å²) >= 11 is 1.47. The number of rotatable bonds is 5. The van der Waals surface area contributed by atoms with Crippen LogP contribution in [0.15, 0.2) is 29.3 Å². The van der Waals surface area contributed by atoms with Crippen LogP contribution in [0.1, 0.15) is 54.9 Å². The van der Waals surface area contributed by atoms with E-state index in [2.05, 4.69) is 20.4 Å². The average molecular weight is 450 g/mol. The summed E-state index contributed by atoms with van der Waals surface area (Å²) in [7, 11) is 1.85. The summed E-state index contributed by atoms with van der Waals surface area (Å²) < 4.78 is 3.71. The third kappa shape index (κ3) is 4.24. The van der Waals surface area contributed by atoms with Crippen molar-refractivity contribution in [1.82, 2.24) is 24.1 Å². The first-order chi connectivity index (χ1) is 15.4. The van der Waals surface area contributed by atoms with Gasteiger partial charge in [0.05, 0.1) is 16.4 Å². The fourth-order valence-electron chi connectivity index (χ4n) is 3.28. The number of fused-ring (bicyclic) bond motifs is 2. The molecule has 4 aromatic heterocycles. The van der Waals surface area contributed by atoms with Gasteiger partial charge in [-0.15, -0.1) is 11.3 Å². The van der Waals surface area contributed by atoms with Gasteiger partial charge in [-0.25, -0.2) is 14.6 Å². The van der Waals surface area contributed by atoms with E-state index in [0.717, 1.165) is 40.4 Å². The van der Waals surface area contributed by atoms with Gasteiger partial charge in [0, 0.05) is 25.4 Å². The van der Waals surface area contributed by atoms with E-state index in [1.807, 2.05) is 49.7 Å². The zero-order chi connectivity index (χ0) is 22.8. The van der Waals surface area contributed by atoms with E-state index >= 15 is 0 Å². The smallest absolute Gasteiger partial charge is 0.286 e. The molecule has 0 amide bonds. The van der Waals surface area contributed by atoms with Crippen molar-refractivity contribution in [1.29, 1.82) is 5.26 Å². The predicted molar refractivity (Wildman–Crippen MR) is 123 cm³/mol. The lowest BCUT2D eigenvalue weighted by atomic mass is 10.1. The number of anilines is 1. The van der Waals surface area contributed by atoms with E-state index in [1.165, 1.54) is 16.0 Å². The maximum absolute atomic E-state index is 12.3. The van der Waals surface area contributed by atoms with Gasteiger partial charge < -0.3 is 14.5 Å². The molecule has 0 unspecified atom stereocenters. The van der Waals surface area contributed by atoms with Crippen LogP contribution in [0.2, 0.25) is 0 Å². The number of imidazole rings is 1. The van der Waals surface area contributed by atoms with Crippen LogP contribution in [-0.4, -0.2) is 37.5 Å². The number of carbonyl (C=O) groups excluding carboxylic acids is 1. The number of nitriles is 1. The Kier molecular flexibility index (Phi) is 6.01. The van der Waals surface area contributed by atoms with Crippen molar-refractivity contribution in [3.05, 3.63) is 51.3 Å². The molecule has 4 aromatic rings. The topological polar surface area (TPSA) is 118 Å². The van der Waals surface area contributed by atoms with Crippen LogP contribution >= 0.6 is 11.3 Å². The lowest BCUT2D eigenvalue weighted by Gasteiger charge is -2.07. The highest BCUT2D eigenvalue weighted by Gasteiger charge is 2.29. The Morgan fingerprint density at radius 1 is 1.31 bits per heavy atom. The molecule has 5 rings (SSSR count). The number of nitrogens with zero attached hydrogens (tertiary/aromatic N) is 6. The number of carbonyl (C=O) groups is 1. The van der Waals surface area contributed by atoms with Gasteiger partial charge in [-0.3, -0.25) is 4.79 Å². The van der Waals surface area contributed by atoms with Gasteiger partial charge >= 0.3 is 0 Å². The van der Waals surface area contributed by atoms with E-state index in [4.69, 9.17) is 5.26 Å². The van der Waals surface area contributed by atoms with Crippen LogP contribution < -0.4 is 10.9 Å². The molecule has 0 radical (unpaired) electrons. The van der Waals surface area contributed by atoms with Crippen LogP contribution in [0, 0.1) is 11.3 Å². The molecule has 1 aliphatic carbocycles. The first-order valence-electron chi connectivity index (χ1n) is 10.4. The highest BCUT2D eigenvalue weighted by molar-refractivity contribution is 7.18. The van der Waals surface area contributed by atoms with Crippen molar-refractivity contribution >= 4 is 39.2 Å². The molecule has 32 heavy (non-hydrogen) atoms. The minimum absolute atomic E-state index is 0.00511. The third-order valence-corrected chi connectivity index (χ3v) is 6.32. The Balaban J connectivity index is 0.000000165. The minimum atomic E-state index is -0.198. The summed E-state index contributed by atoms with van der Waals surface area (Å²) in [5, 5.41) is 17.0. The highest BCUT2D eigenvalue weighted by atomic mass is 32.1. The number of hydrogen-bond acceptors (Lipinski definition) is 8. The van der Waals surface area contributed by atoms with Gasteiger partial charge in [0.1, 0.15) is 34.8 Å². The Morgan fingerprint density at radius 3 is 2.72 bits per heavy atom. The van der Waals surface area contributed by atoms with E-state index in [-0.39, 0.29) is 18.0 Å². The standard InChI is InChI=1S/C13H15N3O2S.C9H8N4/c1-7(2)9-10-11(13(18)16(15-9)5-6-17)19-12(14-10)8-3-4-8;1-11-7-2-3-9-12-8(4-10)6-13(9)5-7/h6-8H,3-5H2,1-2H3;2-3,5-6,11H,1H3. The summed E-state index contributed by atoms with van der Waals surface area (Å²) in [5.41, 5.74) is 3.56. The summed E-state index contributed by atoms with van der Waals surface area (Å²) in [4.78, 5) is 31.6. The van der Waals surface area contributed by atoms with E-state index < -0.39 is 0 Å². The fourth-order valence-corrected chi connectivity index (χ4v) is 4.46. The molecule has 1 fully saturated rings. The quantitative estimate of drug-likeness (QED) is 0.464. The van der Waals surface area contributed by atoms with Crippen molar-refractivity contribution in [2.24, 2.45) is 0 Å². The molecule has 0 aromatic carbocycles. The Hall–Kier alpha value is -3.58. The zero-order valence-electron chi connectivity index (χ0n) is 18.1. The van der Waals surface area contributed by atoms with Gasteiger partial charge in [0.2, 0.25) is 0 Å². The number of aldehydes is 1. The second-order valence-corrected chi connectivity index (χ2v) is 8.90. The van der Waals surface area contributed by atoms with Gasteiger partial charge in [0.15, 0.2) is 5.69 Å². The molecule has 1 N–H and O–H groups in total. The minimum Gasteiger partial charge on any atom is -0.387 e. The maximum atomic E-state index is 12.3. The van der Waals surface area contributed by atoms with Crippen molar-refractivity contribution in [2.75, 3.05) is 12.4 Å². The second-order valence-electron chi connectivity index (χ2n) is 7.87. The molecule has 10 heteroatoms. The summed E-state index contributed by atoms with van der Waals surface area (Å²) in [6, 6.07) is 5.79. The normalized spacial score (nSPS) is 13.1. The number of nitrogens with one attached hydrogen (secondary N) is 1. The second kappa shape index (κ2) is 8.88. The molecule has 0 bridgehead atoms. The zero-order valence-corrected chi connectivity index (χ0v) is 18.9. The molecule has 0 aliphatic heterocycles. The molecule has 4 heterocycles. The van der Waals surface area contributed by atoms with Crippen molar-refractivity contribution in [2.45, 2.75) is 45.1 Å². The van der Waals surface area contributed by atoms with Crippen molar-refractivity contribution in [3.8, 4) is 6.07 Å². The fraction of sp³-hybridized carbons (Fsp3) is 0.364. The highest BCUT2D eigenvalue weighted by Crippen LogP contribution is 2.43. The summed E-state index contributed by atoms with van der Waals surface area (Å²) in [6.45, 7) is 4.05. The van der Waals surface area contributed by atoms with E-state index in [9.17, 15) is 9.59 Å². The van der Waals surface area contributed by atoms with Crippen LogP contribution in [0.3, 0.4) is 0 Å². The lowest BCUT2D eigenvalue weighted by Crippen LogP contribution is -2.25. The predicted octanol–water partition coefficient (Wildman–Crippen LogP) is 3.30. The molecule has 0 spiro atoms. The molecule has 9 nitrogen and oxygen atoms in total. The number of pyridine rings is 1. The summed E-state index contributed by atoms with van der Waals surface area (Å²) in [6.07, 6.45) is 6.62. The van der Waals surface area contributed by atoms with Crippen molar-refractivity contribution in [3.63, 3.8) is 0 Å². The molecule has 1 aliphatic rings. The maximum Gasteiger partial charge on any atom is 0.286 e. The van der Waals surface area contributed by atoms with Gasteiger partial charge in [-0.05, 0) is 30.9 Å². The first-order valence-corrected chi connectivity index (χ1v) is 11.2. The largest absolute Gasteiger partial charge is 0.387 e. The third-order valence-electron chi connectivity index (χ3n) is 5.12. The molecule has 1 saturated carbocycles. The van der Waals surface area contributed by atoms with Gasteiger partial charge in [-0.1, -0.05) is 13.8 Å². The van der Waals surface area contributed by atoms with E-state index in [1.54, 1.807) is 6.20 Å². The van der Waals surface area contributed by atoms with Gasteiger partial charge in [-0.2, -0.15) is 10.4 Å². The van der Waals surface area contributed by atoms with Crippen LogP contribution in [-0.2, 0) is 11.3 Å². The Bertz CT molecular complexity index is 1390. The molecule has 0 saturated heterocycles. The Labute approximate surface area is 188 Å². The molecular formula is C22H23N7O2S. The van der Waals surface area contributed by atoms with Crippen molar-refractivity contribution < 1.29 is 4.79 Å². The summed E-state index contributed by atoms with van der Waals surface area (Å²) in [5.74, 6) is 0.700.